The molecule has 2 aromatic rings. The number of hydrogen-bond acceptors (Lipinski definition) is 4. The molecule has 0 N–H and O–H groups in total. The quantitative estimate of drug-likeness (QED) is 0.641. The molecule has 3 rings (SSSR count). The Kier molecular flexibility index (Phi) is 4.16. The number of amides is 2. The average Bonchev–Trinajstić information content (AvgIpc) is 2.86. The van der Waals surface area contributed by atoms with E-state index in [-0.39, 0.29) is 0 Å². The molecule has 0 saturated carbocycles. The predicted molar refractivity (Wildman–Crippen MR) is 87.4 cm³/mol. The van der Waals surface area contributed by atoms with Crippen LogP contribution in [0.15, 0.2) is 54.6 Å². The van der Waals surface area contributed by atoms with Gasteiger partial charge in [0.05, 0.1) is 11.1 Å². The Bertz CT molecular complexity index is 765. The minimum Gasteiger partial charge on any atom is -0.456 e. The van der Waals surface area contributed by atoms with Crippen molar-refractivity contribution in [2.75, 3.05) is 0 Å². The van der Waals surface area contributed by atoms with Gasteiger partial charge >= 0.3 is 5.97 Å². The summed E-state index contributed by atoms with van der Waals surface area (Å²) in [6.45, 7) is 3.25. The van der Waals surface area contributed by atoms with Crippen LogP contribution in [0.5, 0.6) is 0 Å². The van der Waals surface area contributed by atoms with Gasteiger partial charge in [-0.25, -0.2) is 4.79 Å². The van der Waals surface area contributed by atoms with Crippen LogP contribution >= 0.6 is 0 Å². The zero-order chi connectivity index (χ0) is 17.3. The number of benzene rings is 2. The highest BCUT2D eigenvalue weighted by molar-refractivity contribution is 6.22. The van der Waals surface area contributed by atoms with Crippen molar-refractivity contribution in [2.24, 2.45) is 0 Å². The van der Waals surface area contributed by atoms with Gasteiger partial charge in [-0.2, -0.15) is 0 Å². The molecule has 0 unspecified atom stereocenters. The van der Waals surface area contributed by atoms with Crippen molar-refractivity contribution >= 4 is 17.8 Å². The first-order valence-corrected chi connectivity index (χ1v) is 7.73. The highest BCUT2D eigenvalue weighted by Crippen LogP contribution is 2.26. The van der Waals surface area contributed by atoms with Gasteiger partial charge in [-0.05, 0) is 31.5 Å². The number of ether oxygens (including phenoxy) is 1. The Balaban J connectivity index is 1.75. The normalized spacial score (nSPS) is 15.8. The minimum absolute atomic E-state index is 0.318. The Morgan fingerprint density at radius 1 is 0.875 bits per heavy atom. The van der Waals surface area contributed by atoms with E-state index in [1.165, 1.54) is 6.92 Å². The average molecular weight is 323 g/mol. The van der Waals surface area contributed by atoms with Gasteiger partial charge in [-0.3, -0.25) is 14.5 Å². The molecule has 1 heterocycles. The van der Waals surface area contributed by atoms with E-state index >= 15 is 0 Å². The minimum atomic E-state index is -0.983. The molecule has 5 heteroatoms. The molecule has 0 aromatic heterocycles. The van der Waals surface area contributed by atoms with Crippen molar-refractivity contribution in [1.82, 2.24) is 4.90 Å². The molecular formula is C19H17NO4. The molecule has 0 fully saturated rings. The lowest BCUT2D eigenvalue weighted by Gasteiger charge is -2.23. The number of carbonyl (C=O) groups excluding carboxylic acids is 3. The van der Waals surface area contributed by atoms with Crippen molar-refractivity contribution in [2.45, 2.75) is 26.0 Å². The fraction of sp³-hybridized carbons (Fsp3) is 0.211. The summed E-state index contributed by atoms with van der Waals surface area (Å²) in [6.07, 6.45) is -0.462. The molecule has 24 heavy (non-hydrogen) atoms. The number of carbonyl (C=O) groups is 3. The molecule has 2 aromatic carbocycles. The summed E-state index contributed by atoms with van der Waals surface area (Å²) < 4.78 is 5.42. The first-order valence-electron chi connectivity index (χ1n) is 7.73. The fourth-order valence-corrected chi connectivity index (χ4v) is 2.73. The number of nitrogens with zero attached hydrogens (tertiary/aromatic N) is 1. The van der Waals surface area contributed by atoms with E-state index in [1.807, 2.05) is 30.3 Å². The maximum atomic E-state index is 12.4. The third-order valence-electron chi connectivity index (χ3n) is 4.12. The van der Waals surface area contributed by atoms with E-state index in [2.05, 4.69) is 0 Å². The molecule has 1 aliphatic rings. The van der Waals surface area contributed by atoms with Crippen LogP contribution < -0.4 is 0 Å². The molecule has 122 valence electrons. The fourth-order valence-electron chi connectivity index (χ4n) is 2.73. The second-order valence-corrected chi connectivity index (χ2v) is 5.69. The highest BCUT2D eigenvalue weighted by Gasteiger charge is 2.41. The zero-order valence-electron chi connectivity index (χ0n) is 13.4. The monoisotopic (exact) mass is 323 g/mol. The van der Waals surface area contributed by atoms with Crippen LogP contribution in [0.4, 0.5) is 0 Å². The standard InChI is InChI=1S/C19H17NO4/c1-12(19(23)24-13(2)14-8-4-3-5-9-14)20-17(21)15-10-6-7-11-16(15)18(20)22/h3-13H,1-2H3/t12-,13-/m1/s1. The number of fused-ring (bicyclic) bond motifs is 1. The van der Waals surface area contributed by atoms with E-state index < -0.39 is 29.9 Å². The number of imide groups is 1. The second kappa shape index (κ2) is 6.28. The molecule has 5 nitrogen and oxygen atoms in total. The van der Waals surface area contributed by atoms with Gasteiger partial charge in [-0.15, -0.1) is 0 Å². The van der Waals surface area contributed by atoms with Crippen molar-refractivity contribution in [3.63, 3.8) is 0 Å². The van der Waals surface area contributed by atoms with E-state index in [1.54, 1.807) is 31.2 Å². The first-order chi connectivity index (χ1) is 11.5. The number of hydrogen-bond donors (Lipinski definition) is 0. The molecule has 2 atom stereocenters. The summed E-state index contributed by atoms with van der Waals surface area (Å²) in [5.41, 5.74) is 1.48. The Labute approximate surface area is 139 Å². The van der Waals surface area contributed by atoms with Gasteiger partial charge in [-0.1, -0.05) is 42.5 Å². The summed E-state index contributed by atoms with van der Waals surface area (Å²) in [5, 5.41) is 0. The first kappa shape index (κ1) is 15.9. The second-order valence-electron chi connectivity index (χ2n) is 5.69. The summed E-state index contributed by atoms with van der Waals surface area (Å²) in [4.78, 5) is 38.2. The summed E-state index contributed by atoms with van der Waals surface area (Å²) in [6, 6.07) is 14.8. The topological polar surface area (TPSA) is 63.7 Å². The SMILES string of the molecule is C[C@H](C(=O)O[C@H](C)c1ccccc1)N1C(=O)c2ccccc2C1=O. The highest BCUT2D eigenvalue weighted by atomic mass is 16.5. The van der Waals surface area contributed by atoms with Gasteiger partial charge in [0.2, 0.25) is 0 Å². The van der Waals surface area contributed by atoms with Crippen LogP contribution in [0.25, 0.3) is 0 Å². The van der Waals surface area contributed by atoms with E-state index in [0.717, 1.165) is 10.5 Å². The van der Waals surface area contributed by atoms with Crippen molar-refractivity contribution in [1.29, 1.82) is 0 Å². The predicted octanol–water partition coefficient (Wildman–Crippen LogP) is 2.98. The summed E-state index contributed by atoms with van der Waals surface area (Å²) in [7, 11) is 0. The Morgan fingerprint density at radius 3 is 1.92 bits per heavy atom. The van der Waals surface area contributed by atoms with Crippen LogP contribution in [0.3, 0.4) is 0 Å². The van der Waals surface area contributed by atoms with Crippen LogP contribution in [-0.4, -0.2) is 28.7 Å². The molecule has 1 aliphatic heterocycles. The van der Waals surface area contributed by atoms with Crippen LogP contribution in [0, 0.1) is 0 Å². The number of rotatable bonds is 4. The van der Waals surface area contributed by atoms with Gasteiger partial charge in [0, 0.05) is 0 Å². The maximum absolute atomic E-state index is 12.4. The Hall–Kier alpha value is -2.95. The maximum Gasteiger partial charge on any atom is 0.329 e. The molecular weight excluding hydrogens is 306 g/mol. The van der Waals surface area contributed by atoms with Gasteiger partial charge in [0.25, 0.3) is 11.8 Å². The van der Waals surface area contributed by atoms with Gasteiger partial charge < -0.3 is 4.74 Å². The van der Waals surface area contributed by atoms with Crippen molar-refractivity contribution < 1.29 is 19.1 Å². The third kappa shape index (κ3) is 2.69. The summed E-state index contributed by atoms with van der Waals surface area (Å²) >= 11 is 0. The van der Waals surface area contributed by atoms with Crippen molar-refractivity contribution in [3.05, 3.63) is 71.3 Å². The van der Waals surface area contributed by atoms with Crippen LogP contribution in [0.1, 0.15) is 46.2 Å². The van der Waals surface area contributed by atoms with Crippen molar-refractivity contribution in [3.8, 4) is 0 Å². The molecule has 2 amide bonds. The Morgan fingerprint density at radius 2 is 1.38 bits per heavy atom. The lowest BCUT2D eigenvalue weighted by molar-refractivity contribution is -0.152. The third-order valence-corrected chi connectivity index (χ3v) is 4.12. The van der Waals surface area contributed by atoms with E-state index in [4.69, 9.17) is 4.74 Å². The van der Waals surface area contributed by atoms with E-state index in [0.29, 0.717) is 11.1 Å². The molecule has 0 radical (unpaired) electrons. The zero-order valence-corrected chi connectivity index (χ0v) is 13.4. The van der Waals surface area contributed by atoms with E-state index in [9.17, 15) is 14.4 Å². The van der Waals surface area contributed by atoms with Crippen LogP contribution in [-0.2, 0) is 9.53 Å². The lowest BCUT2D eigenvalue weighted by Crippen LogP contribution is -2.43. The smallest absolute Gasteiger partial charge is 0.329 e. The molecule has 0 bridgehead atoms. The van der Waals surface area contributed by atoms with Gasteiger partial charge in [0.15, 0.2) is 0 Å². The largest absolute Gasteiger partial charge is 0.456 e. The molecule has 0 saturated heterocycles. The molecule has 0 spiro atoms. The lowest BCUT2D eigenvalue weighted by atomic mass is 10.1. The molecule has 0 aliphatic carbocycles. The van der Waals surface area contributed by atoms with Crippen LogP contribution in [0.2, 0.25) is 0 Å². The summed E-state index contributed by atoms with van der Waals surface area (Å²) in [5.74, 6) is -1.54. The van der Waals surface area contributed by atoms with Gasteiger partial charge in [0.1, 0.15) is 12.1 Å². The number of esters is 1.